The highest BCUT2D eigenvalue weighted by molar-refractivity contribution is 8.03. The molecule has 2 aromatic carbocycles. The first kappa shape index (κ1) is 17.7. The van der Waals surface area contributed by atoms with Crippen LogP contribution in [0.25, 0.3) is 5.57 Å². The highest BCUT2D eigenvalue weighted by Crippen LogP contribution is 2.30. The Morgan fingerprint density at radius 3 is 2.42 bits per heavy atom. The van der Waals surface area contributed by atoms with Crippen LogP contribution in [0.3, 0.4) is 0 Å². The van der Waals surface area contributed by atoms with E-state index in [1.165, 1.54) is 11.8 Å². The maximum atomic E-state index is 10.6. The van der Waals surface area contributed by atoms with Gasteiger partial charge in [-0.1, -0.05) is 48.2 Å². The van der Waals surface area contributed by atoms with Crippen LogP contribution in [-0.2, 0) is 0 Å². The number of aromatic nitrogens is 1. The van der Waals surface area contributed by atoms with Crippen molar-refractivity contribution < 1.29 is 5.11 Å². The summed E-state index contributed by atoms with van der Waals surface area (Å²) in [6.45, 7) is 0. The number of allylic oxidation sites excluding steroid dienone is 1. The Balaban J connectivity index is 1.92. The number of hydrogen-bond donors (Lipinski definition) is 2. The van der Waals surface area contributed by atoms with Gasteiger partial charge >= 0.3 is 0 Å². The quantitative estimate of drug-likeness (QED) is 0.529. The molecule has 0 aliphatic heterocycles. The molecular weight excluding hydrogens is 342 g/mol. The Hall–Kier alpha value is -3.07. The molecule has 0 bridgehead atoms. The maximum Gasteiger partial charge on any atom is 0.104 e. The number of aliphatic hydroxyl groups excluding tert-OH is 1. The fourth-order valence-corrected chi connectivity index (χ4v) is 3.34. The Morgan fingerprint density at radius 1 is 1.00 bits per heavy atom. The first-order valence-corrected chi connectivity index (χ1v) is 8.82. The van der Waals surface area contributed by atoms with Gasteiger partial charge in [-0.25, -0.2) is 0 Å². The van der Waals surface area contributed by atoms with E-state index >= 15 is 0 Å². The second-order valence-corrected chi connectivity index (χ2v) is 6.69. The van der Waals surface area contributed by atoms with Gasteiger partial charge in [-0.05, 0) is 47.0 Å². The van der Waals surface area contributed by atoms with Crippen molar-refractivity contribution in [3.05, 3.63) is 101 Å². The Morgan fingerprint density at radius 2 is 1.73 bits per heavy atom. The summed E-state index contributed by atoms with van der Waals surface area (Å²) in [4.78, 5) is 4.93. The summed E-state index contributed by atoms with van der Waals surface area (Å²) in [6, 6.07) is 22.6. The van der Waals surface area contributed by atoms with E-state index in [9.17, 15) is 10.4 Å². The molecule has 0 aliphatic rings. The summed E-state index contributed by atoms with van der Waals surface area (Å²) >= 11 is 1.35. The van der Waals surface area contributed by atoms with Crippen LogP contribution in [-0.4, -0.2) is 10.1 Å². The van der Waals surface area contributed by atoms with Crippen molar-refractivity contribution in [2.45, 2.75) is 11.0 Å². The van der Waals surface area contributed by atoms with Crippen molar-refractivity contribution in [1.82, 2.24) is 4.98 Å². The van der Waals surface area contributed by atoms with Gasteiger partial charge in [0.2, 0.25) is 0 Å². The Labute approximate surface area is 156 Å². The van der Waals surface area contributed by atoms with Crippen LogP contribution in [0.2, 0.25) is 0 Å². The SMILES string of the molecule is N#C/C(=C(\N)Sc1ccccc1)c1cccc(C(O)c2ccncc2)c1. The molecule has 4 nitrogen and oxygen atoms in total. The minimum atomic E-state index is -0.791. The fourth-order valence-electron chi connectivity index (χ4n) is 2.53. The van der Waals surface area contributed by atoms with Gasteiger partial charge in [-0.2, -0.15) is 5.26 Å². The summed E-state index contributed by atoms with van der Waals surface area (Å²) in [5.74, 6) is 0. The summed E-state index contributed by atoms with van der Waals surface area (Å²) < 4.78 is 0. The van der Waals surface area contributed by atoms with E-state index in [0.29, 0.717) is 21.7 Å². The third kappa shape index (κ3) is 4.12. The second kappa shape index (κ2) is 8.34. The minimum absolute atomic E-state index is 0.391. The smallest absolute Gasteiger partial charge is 0.104 e. The zero-order chi connectivity index (χ0) is 18.4. The van der Waals surface area contributed by atoms with Crippen molar-refractivity contribution in [2.75, 3.05) is 0 Å². The van der Waals surface area contributed by atoms with Crippen molar-refractivity contribution in [1.29, 1.82) is 5.26 Å². The third-order valence-corrected chi connectivity index (χ3v) is 4.77. The van der Waals surface area contributed by atoms with Gasteiger partial charge in [0.25, 0.3) is 0 Å². The average Bonchev–Trinajstić information content (AvgIpc) is 2.69. The van der Waals surface area contributed by atoms with Crippen LogP contribution in [0.5, 0.6) is 0 Å². The van der Waals surface area contributed by atoms with E-state index in [1.54, 1.807) is 30.6 Å². The molecule has 0 saturated heterocycles. The number of hydrogen-bond acceptors (Lipinski definition) is 5. The van der Waals surface area contributed by atoms with Gasteiger partial charge in [0.1, 0.15) is 12.2 Å². The Bertz CT molecular complexity index is 950. The zero-order valence-electron chi connectivity index (χ0n) is 13.9. The average molecular weight is 359 g/mol. The summed E-state index contributed by atoms with van der Waals surface area (Å²) in [7, 11) is 0. The molecule has 3 rings (SSSR count). The van der Waals surface area contributed by atoms with Gasteiger partial charge in [0, 0.05) is 17.3 Å². The van der Waals surface area contributed by atoms with Crippen molar-refractivity contribution in [3.8, 4) is 6.07 Å². The summed E-state index contributed by atoms with van der Waals surface area (Å²) in [6.07, 6.45) is 2.48. The van der Waals surface area contributed by atoms with Crippen LogP contribution < -0.4 is 5.73 Å². The van der Waals surface area contributed by atoms with Gasteiger partial charge < -0.3 is 10.8 Å². The highest BCUT2D eigenvalue weighted by Gasteiger charge is 2.13. The lowest BCUT2D eigenvalue weighted by Gasteiger charge is -2.13. The van der Waals surface area contributed by atoms with E-state index < -0.39 is 6.10 Å². The molecule has 3 N–H and O–H groups in total. The number of aliphatic hydroxyl groups is 1. The van der Waals surface area contributed by atoms with E-state index in [0.717, 1.165) is 10.5 Å². The van der Waals surface area contributed by atoms with Gasteiger partial charge in [-0.15, -0.1) is 0 Å². The van der Waals surface area contributed by atoms with Gasteiger partial charge in [0.15, 0.2) is 0 Å². The summed E-state index contributed by atoms with van der Waals surface area (Å²) in [5, 5.41) is 20.6. The lowest BCUT2D eigenvalue weighted by molar-refractivity contribution is 0.220. The van der Waals surface area contributed by atoms with E-state index in [-0.39, 0.29) is 0 Å². The monoisotopic (exact) mass is 359 g/mol. The predicted molar refractivity (Wildman–Crippen MR) is 104 cm³/mol. The normalized spacial score (nSPS) is 12.8. The molecule has 0 radical (unpaired) electrons. The lowest BCUT2D eigenvalue weighted by atomic mass is 9.98. The molecule has 0 fully saturated rings. The van der Waals surface area contributed by atoms with Gasteiger partial charge in [-0.3, -0.25) is 4.98 Å². The number of nitriles is 1. The molecule has 26 heavy (non-hydrogen) atoms. The molecule has 0 amide bonds. The number of thioether (sulfide) groups is 1. The fraction of sp³-hybridized carbons (Fsp3) is 0.0476. The van der Waals surface area contributed by atoms with Crippen molar-refractivity contribution in [3.63, 3.8) is 0 Å². The lowest BCUT2D eigenvalue weighted by Crippen LogP contribution is -2.02. The number of nitrogens with zero attached hydrogens (tertiary/aromatic N) is 2. The van der Waals surface area contributed by atoms with E-state index in [2.05, 4.69) is 11.1 Å². The predicted octanol–water partition coefficient (Wildman–Crippen LogP) is 4.11. The number of pyridine rings is 1. The van der Waals surface area contributed by atoms with Gasteiger partial charge in [0.05, 0.1) is 10.6 Å². The zero-order valence-corrected chi connectivity index (χ0v) is 14.7. The summed E-state index contributed by atoms with van der Waals surface area (Å²) in [5.41, 5.74) is 8.69. The second-order valence-electron chi connectivity index (χ2n) is 5.57. The largest absolute Gasteiger partial charge is 0.392 e. The van der Waals surface area contributed by atoms with Crippen LogP contribution >= 0.6 is 11.8 Å². The maximum absolute atomic E-state index is 10.6. The van der Waals surface area contributed by atoms with Crippen LogP contribution in [0.4, 0.5) is 0 Å². The third-order valence-electron chi connectivity index (χ3n) is 3.84. The molecule has 5 heteroatoms. The first-order valence-electron chi connectivity index (χ1n) is 8.00. The molecule has 3 aromatic rings. The molecule has 1 unspecified atom stereocenters. The first-order chi connectivity index (χ1) is 12.7. The van der Waals surface area contributed by atoms with Crippen LogP contribution in [0.1, 0.15) is 22.8 Å². The Kier molecular flexibility index (Phi) is 5.69. The minimum Gasteiger partial charge on any atom is -0.392 e. The number of benzene rings is 2. The van der Waals surface area contributed by atoms with E-state index in [4.69, 9.17) is 5.73 Å². The molecule has 0 aliphatic carbocycles. The molecule has 0 saturated carbocycles. The molecular formula is C21H17N3OS. The van der Waals surface area contributed by atoms with Crippen LogP contribution in [0, 0.1) is 11.3 Å². The van der Waals surface area contributed by atoms with Crippen molar-refractivity contribution >= 4 is 17.3 Å². The van der Waals surface area contributed by atoms with Crippen molar-refractivity contribution in [2.24, 2.45) is 5.73 Å². The van der Waals surface area contributed by atoms with Crippen LogP contribution in [0.15, 0.2) is 89.0 Å². The number of rotatable bonds is 5. The molecule has 1 atom stereocenters. The molecule has 0 spiro atoms. The highest BCUT2D eigenvalue weighted by atomic mass is 32.2. The molecule has 1 heterocycles. The topological polar surface area (TPSA) is 82.9 Å². The standard InChI is InChI=1S/C21H17N3OS/c22-14-19(21(23)26-18-7-2-1-3-8-18)16-5-4-6-17(13-16)20(25)15-9-11-24-12-10-15/h1-13,20,25H,23H2/b21-19-. The number of nitrogens with two attached hydrogens (primary N) is 1. The van der Waals surface area contributed by atoms with E-state index in [1.807, 2.05) is 48.5 Å². The molecule has 128 valence electrons. The molecule has 1 aromatic heterocycles.